The first-order chi connectivity index (χ1) is 12.8. The van der Waals surface area contributed by atoms with Gasteiger partial charge in [-0.2, -0.15) is 0 Å². The van der Waals surface area contributed by atoms with Gasteiger partial charge in [-0.05, 0) is 43.1 Å². The third kappa shape index (κ3) is 4.71. The molecule has 1 spiro atoms. The van der Waals surface area contributed by atoms with Crippen LogP contribution in [0.1, 0.15) is 30.4 Å². The number of piperidine rings is 1. The van der Waals surface area contributed by atoms with E-state index in [1.807, 2.05) is 30.3 Å². The largest absolute Gasteiger partial charge is 0.384 e. The second-order valence-corrected chi connectivity index (χ2v) is 6.92. The molecule has 4 rings (SSSR count). The van der Waals surface area contributed by atoms with Gasteiger partial charge in [0, 0.05) is 24.1 Å². The van der Waals surface area contributed by atoms with Crippen molar-refractivity contribution < 1.29 is 9.53 Å². The van der Waals surface area contributed by atoms with Crippen molar-refractivity contribution in [3.05, 3.63) is 65.7 Å². The molecule has 0 bridgehead atoms. The summed E-state index contributed by atoms with van der Waals surface area (Å²) in [7, 11) is 0. The summed E-state index contributed by atoms with van der Waals surface area (Å²) in [5.74, 6) is 0. The van der Waals surface area contributed by atoms with E-state index < -0.39 is 0 Å². The van der Waals surface area contributed by atoms with Gasteiger partial charge in [-0.15, -0.1) is 0 Å². The minimum Gasteiger partial charge on any atom is -0.384 e. The minimum atomic E-state index is 0.432. The van der Waals surface area contributed by atoms with E-state index in [-0.39, 0.29) is 0 Å². The van der Waals surface area contributed by atoms with Crippen LogP contribution >= 0.6 is 0 Å². The third-order valence-electron chi connectivity index (χ3n) is 5.17. The van der Waals surface area contributed by atoms with Gasteiger partial charge in [-0.3, -0.25) is 0 Å². The lowest BCUT2D eigenvalue weighted by Crippen LogP contribution is -2.41. The van der Waals surface area contributed by atoms with Crippen LogP contribution in [0.3, 0.4) is 0 Å². The number of ether oxygens (including phenoxy) is 1. The molecule has 2 aromatic rings. The highest BCUT2D eigenvalue weighted by Gasteiger charge is 2.39. The second kappa shape index (κ2) is 9.51. The minimum absolute atomic E-state index is 0.432. The maximum atomic E-state index is 9.94. The fourth-order valence-corrected chi connectivity index (χ4v) is 3.71. The number of para-hydroxylation sites is 1. The molecule has 2 N–H and O–H groups in total. The van der Waals surface area contributed by atoms with Gasteiger partial charge in [0.05, 0.1) is 13.2 Å². The number of rotatable bonds is 5. The van der Waals surface area contributed by atoms with Gasteiger partial charge >= 0.3 is 0 Å². The molecular formula is C22H28N2O2. The van der Waals surface area contributed by atoms with Crippen molar-refractivity contribution in [1.82, 2.24) is 5.32 Å². The molecule has 0 aliphatic carbocycles. The van der Waals surface area contributed by atoms with Crippen LogP contribution in [0.2, 0.25) is 0 Å². The van der Waals surface area contributed by atoms with Crippen LogP contribution in [0.25, 0.3) is 0 Å². The average molecular weight is 352 g/mol. The number of fused-ring (bicyclic) bond motifs is 2. The fraction of sp³-hybridized carbons (Fsp3) is 0.409. The Balaban J connectivity index is 0.000000153. The van der Waals surface area contributed by atoms with Gasteiger partial charge in [-0.1, -0.05) is 48.5 Å². The molecule has 0 radical (unpaired) electrons. The highest BCUT2D eigenvalue weighted by Crippen LogP contribution is 2.42. The lowest BCUT2D eigenvalue weighted by atomic mass is 9.75. The summed E-state index contributed by atoms with van der Waals surface area (Å²) in [6.07, 6.45) is 3.89. The van der Waals surface area contributed by atoms with E-state index in [0.29, 0.717) is 25.0 Å². The van der Waals surface area contributed by atoms with Crippen LogP contribution < -0.4 is 10.6 Å². The van der Waals surface area contributed by atoms with Crippen molar-refractivity contribution in [2.75, 3.05) is 31.6 Å². The molecule has 0 unspecified atom stereocenters. The number of carbonyl (C=O) groups excluding carboxylic acids is 1. The van der Waals surface area contributed by atoms with Crippen molar-refractivity contribution in [2.45, 2.75) is 31.3 Å². The van der Waals surface area contributed by atoms with Crippen molar-refractivity contribution in [3.8, 4) is 0 Å². The Kier molecular flexibility index (Phi) is 6.81. The normalized spacial score (nSPS) is 16.9. The van der Waals surface area contributed by atoms with Gasteiger partial charge in [0.15, 0.2) is 0 Å². The zero-order valence-electron chi connectivity index (χ0n) is 15.2. The quantitative estimate of drug-likeness (QED) is 0.638. The van der Waals surface area contributed by atoms with Crippen LogP contribution in [0.15, 0.2) is 54.6 Å². The van der Waals surface area contributed by atoms with E-state index in [2.05, 4.69) is 34.9 Å². The van der Waals surface area contributed by atoms with Crippen molar-refractivity contribution in [3.63, 3.8) is 0 Å². The van der Waals surface area contributed by atoms with E-state index in [9.17, 15) is 4.79 Å². The Labute approximate surface area is 156 Å². The van der Waals surface area contributed by atoms with E-state index in [1.165, 1.54) is 18.5 Å². The van der Waals surface area contributed by atoms with Gasteiger partial charge in [0.1, 0.15) is 6.29 Å². The van der Waals surface area contributed by atoms with Crippen molar-refractivity contribution in [2.24, 2.45) is 0 Å². The van der Waals surface area contributed by atoms with Crippen molar-refractivity contribution in [1.29, 1.82) is 0 Å². The molecule has 2 aliphatic rings. The first-order valence-electron chi connectivity index (χ1n) is 9.43. The number of benzene rings is 2. The zero-order chi connectivity index (χ0) is 18.1. The summed E-state index contributed by atoms with van der Waals surface area (Å²) in [5.41, 5.74) is 4.47. The summed E-state index contributed by atoms with van der Waals surface area (Å²) >= 11 is 0. The molecule has 4 nitrogen and oxygen atoms in total. The molecule has 4 heteroatoms. The molecule has 2 aliphatic heterocycles. The molecule has 2 aromatic carbocycles. The lowest BCUT2D eigenvalue weighted by Gasteiger charge is -2.33. The maximum Gasteiger partial charge on any atom is 0.122 e. The number of hydrogen-bond donors (Lipinski definition) is 2. The Morgan fingerprint density at radius 2 is 1.73 bits per heavy atom. The molecule has 1 fully saturated rings. The van der Waals surface area contributed by atoms with Gasteiger partial charge in [-0.25, -0.2) is 0 Å². The van der Waals surface area contributed by atoms with Crippen LogP contribution in [-0.4, -0.2) is 32.5 Å². The van der Waals surface area contributed by atoms with Gasteiger partial charge < -0.3 is 20.2 Å². The highest BCUT2D eigenvalue weighted by molar-refractivity contribution is 5.60. The molecule has 2 heterocycles. The summed E-state index contributed by atoms with van der Waals surface area (Å²) < 4.78 is 5.23. The van der Waals surface area contributed by atoms with E-state index in [1.54, 1.807) is 5.56 Å². The maximum absolute atomic E-state index is 9.94. The lowest BCUT2D eigenvalue weighted by molar-refractivity contribution is -0.108. The molecule has 0 aromatic heterocycles. The summed E-state index contributed by atoms with van der Waals surface area (Å²) in [5, 5.41) is 6.97. The fourth-order valence-electron chi connectivity index (χ4n) is 3.71. The zero-order valence-corrected chi connectivity index (χ0v) is 15.2. The van der Waals surface area contributed by atoms with Crippen LogP contribution in [0.5, 0.6) is 0 Å². The number of carbonyl (C=O) groups is 1. The SMILES string of the molecule is O=CCCOCc1ccccc1.c1ccc2c(c1)NCC21CCNCC1. The number of anilines is 1. The van der Waals surface area contributed by atoms with Crippen LogP contribution in [0, 0.1) is 0 Å². The van der Waals surface area contributed by atoms with Crippen LogP contribution in [0.4, 0.5) is 5.69 Å². The van der Waals surface area contributed by atoms with Crippen molar-refractivity contribution >= 4 is 12.0 Å². The molecule has 0 amide bonds. The predicted octanol–water partition coefficient (Wildman–Crippen LogP) is 3.53. The van der Waals surface area contributed by atoms with Gasteiger partial charge in [0.2, 0.25) is 0 Å². The van der Waals surface area contributed by atoms with E-state index >= 15 is 0 Å². The molecule has 0 saturated carbocycles. The monoisotopic (exact) mass is 352 g/mol. The number of hydrogen-bond acceptors (Lipinski definition) is 4. The topological polar surface area (TPSA) is 50.4 Å². The number of aldehydes is 1. The third-order valence-corrected chi connectivity index (χ3v) is 5.17. The van der Waals surface area contributed by atoms with Crippen LogP contribution in [-0.2, 0) is 21.6 Å². The molecular weight excluding hydrogens is 324 g/mol. The predicted molar refractivity (Wildman–Crippen MR) is 105 cm³/mol. The van der Waals surface area contributed by atoms with E-state index in [4.69, 9.17) is 4.74 Å². The number of nitrogens with one attached hydrogen (secondary N) is 2. The first-order valence-corrected chi connectivity index (χ1v) is 9.43. The van der Waals surface area contributed by atoms with Gasteiger partial charge in [0.25, 0.3) is 0 Å². The Hall–Kier alpha value is -2.17. The Morgan fingerprint density at radius 3 is 2.50 bits per heavy atom. The summed E-state index contributed by atoms with van der Waals surface area (Å²) in [6, 6.07) is 18.7. The average Bonchev–Trinajstić information content (AvgIpc) is 3.06. The smallest absolute Gasteiger partial charge is 0.122 e. The van der Waals surface area contributed by atoms with E-state index in [0.717, 1.165) is 31.5 Å². The second-order valence-electron chi connectivity index (χ2n) is 6.92. The molecule has 138 valence electrons. The standard InChI is InChI=1S/C12H16N2.C10H12O2/c1-2-4-11-10(3-1)12(9-14-11)5-7-13-8-6-12;11-7-4-8-12-9-10-5-2-1-3-6-10/h1-4,13-14H,5-9H2;1-3,5-7H,4,8-9H2. The highest BCUT2D eigenvalue weighted by atomic mass is 16.5. The molecule has 26 heavy (non-hydrogen) atoms. The summed E-state index contributed by atoms with van der Waals surface area (Å²) in [4.78, 5) is 9.94. The summed E-state index contributed by atoms with van der Waals surface area (Å²) in [6.45, 7) is 4.56. The molecule has 1 saturated heterocycles. The molecule has 0 atom stereocenters. The Bertz CT molecular complexity index is 676. The Morgan fingerprint density at radius 1 is 1.00 bits per heavy atom. The first kappa shape index (κ1) is 18.6.